The minimum absolute atomic E-state index is 0.488. The quantitative estimate of drug-likeness (QED) is 0.442. The summed E-state index contributed by atoms with van der Waals surface area (Å²) >= 11 is 1.58. The molecule has 30 heavy (non-hydrogen) atoms. The summed E-state index contributed by atoms with van der Waals surface area (Å²) in [6.45, 7) is 0.521. The SMILES string of the molecule is Cn1cnc(-c2cccc(OCc3ccccc3)c2)c1-c1cc2c(N)ncnc2s1. The molecular formula is C23H19N5OS. The summed E-state index contributed by atoms with van der Waals surface area (Å²) in [5.41, 5.74) is 10.1. The monoisotopic (exact) mass is 413 g/mol. The second-order valence-electron chi connectivity index (χ2n) is 6.94. The number of fused-ring (bicyclic) bond motifs is 1. The summed E-state index contributed by atoms with van der Waals surface area (Å²) in [6.07, 6.45) is 3.32. The molecule has 7 heteroatoms. The predicted molar refractivity (Wildman–Crippen MR) is 120 cm³/mol. The molecule has 2 N–H and O–H groups in total. The van der Waals surface area contributed by atoms with Gasteiger partial charge in [-0.3, -0.25) is 0 Å². The molecule has 0 aliphatic carbocycles. The van der Waals surface area contributed by atoms with Crippen molar-refractivity contribution < 1.29 is 4.74 Å². The van der Waals surface area contributed by atoms with Crippen LogP contribution < -0.4 is 10.5 Å². The van der Waals surface area contributed by atoms with Crippen molar-refractivity contribution >= 4 is 27.4 Å². The highest BCUT2D eigenvalue weighted by atomic mass is 32.1. The van der Waals surface area contributed by atoms with Gasteiger partial charge < -0.3 is 15.0 Å². The Balaban J connectivity index is 1.50. The number of aromatic nitrogens is 4. The fourth-order valence-electron chi connectivity index (χ4n) is 3.40. The van der Waals surface area contributed by atoms with Crippen molar-refractivity contribution in [2.45, 2.75) is 6.61 Å². The van der Waals surface area contributed by atoms with Crippen LogP contribution in [0.3, 0.4) is 0 Å². The van der Waals surface area contributed by atoms with E-state index in [2.05, 4.69) is 27.1 Å². The van der Waals surface area contributed by atoms with E-state index in [9.17, 15) is 0 Å². The van der Waals surface area contributed by atoms with Crippen LogP contribution in [0.5, 0.6) is 5.75 Å². The smallest absolute Gasteiger partial charge is 0.135 e. The van der Waals surface area contributed by atoms with Crippen molar-refractivity contribution in [2.24, 2.45) is 7.05 Å². The maximum atomic E-state index is 6.03. The lowest BCUT2D eigenvalue weighted by Crippen LogP contribution is -1.95. The molecule has 0 unspecified atom stereocenters. The zero-order valence-corrected chi connectivity index (χ0v) is 17.1. The Morgan fingerprint density at radius 1 is 1.00 bits per heavy atom. The van der Waals surface area contributed by atoms with E-state index in [4.69, 9.17) is 10.5 Å². The first-order valence-electron chi connectivity index (χ1n) is 9.48. The van der Waals surface area contributed by atoms with Crippen LogP contribution >= 0.6 is 11.3 Å². The van der Waals surface area contributed by atoms with E-state index >= 15 is 0 Å². The topological polar surface area (TPSA) is 78.9 Å². The van der Waals surface area contributed by atoms with E-state index in [1.807, 2.05) is 66.5 Å². The van der Waals surface area contributed by atoms with Crippen LogP contribution in [0.4, 0.5) is 5.82 Å². The number of nitrogen functional groups attached to an aromatic ring is 1. The number of aryl methyl sites for hydroxylation is 1. The highest BCUT2D eigenvalue weighted by Crippen LogP contribution is 2.39. The van der Waals surface area contributed by atoms with Gasteiger partial charge in [-0.25, -0.2) is 15.0 Å². The van der Waals surface area contributed by atoms with Crippen LogP contribution in [0.25, 0.3) is 32.0 Å². The number of nitrogens with zero attached hydrogens (tertiary/aromatic N) is 4. The molecule has 148 valence electrons. The highest BCUT2D eigenvalue weighted by molar-refractivity contribution is 7.21. The van der Waals surface area contributed by atoms with Gasteiger partial charge in [-0.1, -0.05) is 42.5 Å². The molecule has 0 bridgehead atoms. The third kappa shape index (κ3) is 3.40. The molecule has 0 saturated heterocycles. The predicted octanol–water partition coefficient (Wildman–Crippen LogP) is 4.92. The molecule has 0 fully saturated rings. The van der Waals surface area contributed by atoms with Crippen LogP contribution in [-0.2, 0) is 13.7 Å². The summed E-state index contributed by atoms with van der Waals surface area (Å²) in [5.74, 6) is 1.29. The van der Waals surface area contributed by atoms with Gasteiger partial charge in [0.1, 0.15) is 29.3 Å². The number of ether oxygens (including phenoxy) is 1. The standard InChI is InChI=1S/C23H19N5OS/c1-28-14-27-20(21(28)19-11-18-22(24)25-13-26-23(18)30-19)16-8-5-9-17(10-16)29-12-15-6-3-2-4-7-15/h2-11,13-14H,12H2,1H3,(H2,24,25,26). The molecule has 0 spiro atoms. The highest BCUT2D eigenvalue weighted by Gasteiger charge is 2.17. The zero-order valence-electron chi connectivity index (χ0n) is 16.3. The molecule has 6 nitrogen and oxygen atoms in total. The van der Waals surface area contributed by atoms with Crippen LogP contribution in [0, 0.1) is 0 Å². The first-order chi connectivity index (χ1) is 14.7. The maximum Gasteiger partial charge on any atom is 0.135 e. The van der Waals surface area contributed by atoms with Crippen molar-refractivity contribution in [1.82, 2.24) is 19.5 Å². The Labute approximate surface area is 177 Å². The lowest BCUT2D eigenvalue weighted by Gasteiger charge is -2.09. The normalized spacial score (nSPS) is 11.1. The van der Waals surface area contributed by atoms with Gasteiger partial charge in [0.25, 0.3) is 0 Å². The van der Waals surface area contributed by atoms with Crippen LogP contribution in [0.1, 0.15) is 5.56 Å². The van der Waals surface area contributed by atoms with E-state index in [-0.39, 0.29) is 0 Å². The number of hydrogen-bond acceptors (Lipinski definition) is 6. The van der Waals surface area contributed by atoms with Gasteiger partial charge >= 0.3 is 0 Å². The van der Waals surface area contributed by atoms with Crippen molar-refractivity contribution in [2.75, 3.05) is 5.73 Å². The minimum Gasteiger partial charge on any atom is -0.489 e. The number of thiophene rings is 1. The van der Waals surface area contributed by atoms with Gasteiger partial charge in [0, 0.05) is 12.6 Å². The van der Waals surface area contributed by atoms with Gasteiger partial charge in [-0.15, -0.1) is 11.3 Å². The van der Waals surface area contributed by atoms with Crippen molar-refractivity contribution in [3.05, 3.63) is 78.9 Å². The second-order valence-corrected chi connectivity index (χ2v) is 7.97. The van der Waals surface area contributed by atoms with Crippen molar-refractivity contribution in [3.63, 3.8) is 0 Å². The fourth-order valence-corrected chi connectivity index (χ4v) is 4.49. The molecule has 0 radical (unpaired) electrons. The first-order valence-corrected chi connectivity index (χ1v) is 10.3. The fraction of sp³-hybridized carbons (Fsp3) is 0.0870. The molecule has 0 atom stereocenters. The molecule has 0 aliphatic rings. The molecular weight excluding hydrogens is 394 g/mol. The lowest BCUT2D eigenvalue weighted by atomic mass is 10.1. The van der Waals surface area contributed by atoms with Gasteiger partial charge in [-0.2, -0.15) is 0 Å². The molecule has 5 aromatic rings. The van der Waals surface area contributed by atoms with Gasteiger partial charge in [-0.05, 0) is 23.8 Å². The summed E-state index contributed by atoms with van der Waals surface area (Å²) in [5, 5.41) is 0.865. The number of rotatable bonds is 5. The number of anilines is 1. The number of hydrogen-bond donors (Lipinski definition) is 1. The Hall–Kier alpha value is -3.71. The summed E-state index contributed by atoms with van der Waals surface area (Å²) < 4.78 is 8.02. The Bertz CT molecular complexity index is 1330. The Morgan fingerprint density at radius 3 is 2.70 bits per heavy atom. The maximum absolute atomic E-state index is 6.03. The second kappa shape index (κ2) is 7.61. The average Bonchev–Trinajstić information content (AvgIpc) is 3.37. The zero-order chi connectivity index (χ0) is 20.5. The number of imidazole rings is 1. The van der Waals surface area contributed by atoms with Crippen LogP contribution in [-0.4, -0.2) is 19.5 Å². The number of nitrogens with two attached hydrogens (primary N) is 1. The number of benzene rings is 2. The van der Waals surface area contributed by atoms with E-state index in [1.165, 1.54) is 6.33 Å². The van der Waals surface area contributed by atoms with Crippen LogP contribution in [0.15, 0.2) is 73.3 Å². The largest absolute Gasteiger partial charge is 0.489 e. The summed E-state index contributed by atoms with van der Waals surface area (Å²) in [7, 11) is 1.99. The Kier molecular flexibility index (Phi) is 4.65. The molecule has 3 aromatic heterocycles. The summed E-state index contributed by atoms with van der Waals surface area (Å²) in [4.78, 5) is 15.0. The van der Waals surface area contributed by atoms with E-state index in [0.29, 0.717) is 12.4 Å². The molecule has 0 saturated carbocycles. The Morgan fingerprint density at radius 2 is 1.87 bits per heavy atom. The van der Waals surface area contributed by atoms with Gasteiger partial charge in [0.2, 0.25) is 0 Å². The first kappa shape index (κ1) is 18.3. The lowest BCUT2D eigenvalue weighted by molar-refractivity contribution is 0.306. The molecule has 3 heterocycles. The van der Waals surface area contributed by atoms with Crippen molar-refractivity contribution in [1.29, 1.82) is 0 Å². The van der Waals surface area contributed by atoms with Crippen LogP contribution in [0.2, 0.25) is 0 Å². The minimum atomic E-state index is 0.488. The van der Waals surface area contributed by atoms with Gasteiger partial charge in [0.15, 0.2) is 0 Å². The third-order valence-electron chi connectivity index (χ3n) is 4.89. The summed E-state index contributed by atoms with van der Waals surface area (Å²) in [6, 6.07) is 20.2. The third-order valence-corrected chi connectivity index (χ3v) is 5.94. The average molecular weight is 414 g/mol. The van der Waals surface area contributed by atoms with Crippen molar-refractivity contribution in [3.8, 4) is 27.6 Å². The molecule has 0 aliphatic heterocycles. The van der Waals surface area contributed by atoms with E-state index in [0.717, 1.165) is 43.4 Å². The van der Waals surface area contributed by atoms with E-state index < -0.39 is 0 Å². The molecule has 0 amide bonds. The molecule has 5 rings (SSSR count). The van der Waals surface area contributed by atoms with Gasteiger partial charge in [0.05, 0.1) is 28.0 Å². The van der Waals surface area contributed by atoms with E-state index in [1.54, 1.807) is 11.3 Å². The molecule has 2 aromatic carbocycles.